The molecule has 2 heterocycles. The highest BCUT2D eigenvalue weighted by Crippen LogP contribution is 2.34. The van der Waals surface area contributed by atoms with Gasteiger partial charge in [0.2, 0.25) is 0 Å². The van der Waals surface area contributed by atoms with Gasteiger partial charge in [0.05, 0.1) is 12.2 Å². The minimum Gasteiger partial charge on any atom is -0.489 e. The molecule has 10 atom stereocenters. The fraction of sp³-hybridized carbons (Fsp3) is 0.517. The van der Waals surface area contributed by atoms with Crippen molar-refractivity contribution in [3.8, 4) is 11.5 Å². The summed E-state index contributed by atoms with van der Waals surface area (Å²) in [5.41, 5.74) is 3.75. The zero-order valence-corrected chi connectivity index (χ0v) is 44.0. The highest BCUT2D eigenvalue weighted by molar-refractivity contribution is 5.68. The summed E-state index contributed by atoms with van der Waals surface area (Å²) in [5, 5.41) is 0. The Labute approximate surface area is 434 Å². The van der Waals surface area contributed by atoms with Crippen LogP contribution in [0.25, 0.3) is 0 Å². The summed E-state index contributed by atoms with van der Waals surface area (Å²) in [6.07, 6.45) is 1.59. The molecule has 0 amide bonds. The molecule has 2 aliphatic heterocycles. The van der Waals surface area contributed by atoms with Crippen LogP contribution in [-0.2, 0) is 83.1 Å². The molecule has 0 N–H and O–H groups in total. The second-order valence-electron chi connectivity index (χ2n) is 18.7. The quantitative estimate of drug-likeness (QED) is 0.0370. The molecule has 0 spiro atoms. The molecule has 0 unspecified atom stereocenters. The van der Waals surface area contributed by atoms with Gasteiger partial charge in [0.1, 0.15) is 48.6 Å². The number of benzene rings is 4. The third-order valence-electron chi connectivity index (χ3n) is 12.8. The molecule has 16 heteroatoms. The molecular formula is C58H74F2O14. The van der Waals surface area contributed by atoms with Crippen LogP contribution in [0.3, 0.4) is 0 Å². The Morgan fingerprint density at radius 2 is 0.878 bits per heavy atom. The average Bonchev–Trinajstić information content (AvgIpc) is 3.37. The van der Waals surface area contributed by atoms with E-state index in [-0.39, 0.29) is 42.3 Å². The highest BCUT2D eigenvalue weighted by Gasteiger charge is 2.49. The van der Waals surface area contributed by atoms with Gasteiger partial charge in [-0.3, -0.25) is 19.2 Å². The number of unbranched alkanes of at least 4 members (excludes halogenated alkanes) is 2. The Kier molecular flexibility index (Phi) is 24.2. The van der Waals surface area contributed by atoms with Gasteiger partial charge in [-0.15, -0.1) is 0 Å². The van der Waals surface area contributed by atoms with E-state index in [9.17, 15) is 28.0 Å². The molecule has 14 nitrogen and oxygen atoms in total. The number of esters is 4. The van der Waals surface area contributed by atoms with Crippen molar-refractivity contribution in [2.24, 2.45) is 11.8 Å². The highest BCUT2D eigenvalue weighted by atomic mass is 19.1. The number of ether oxygens (including phenoxy) is 10. The Morgan fingerprint density at radius 3 is 1.28 bits per heavy atom. The van der Waals surface area contributed by atoms with Gasteiger partial charge in [-0.05, 0) is 111 Å². The van der Waals surface area contributed by atoms with Gasteiger partial charge >= 0.3 is 23.9 Å². The topological polar surface area (TPSA) is 161 Å². The number of rotatable bonds is 24. The van der Waals surface area contributed by atoms with E-state index in [4.69, 9.17) is 47.4 Å². The maximum absolute atomic E-state index is 13.7. The molecule has 6 rings (SSSR count). The smallest absolute Gasteiger partial charge is 0.303 e. The van der Waals surface area contributed by atoms with E-state index >= 15 is 0 Å². The molecular weight excluding hydrogens is 959 g/mol. The van der Waals surface area contributed by atoms with Gasteiger partial charge < -0.3 is 47.4 Å². The number of hydrogen-bond donors (Lipinski definition) is 0. The first-order valence-corrected chi connectivity index (χ1v) is 25.7. The molecule has 0 saturated carbocycles. The van der Waals surface area contributed by atoms with Crippen molar-refractivity contribution in [2.45, 2.75) is 169 Å². The number of carbonyl (C=O) groups is 4. The SMILES string of the molecule is CC[C@H]1O[C@@H](OCCCCc2ccc(OCc3ccc(F)cc3)cc2)[C@H](OC(C)=O)[C@@H](OC(C)=O)[C@@H]1C.CC[C@H]1O[C@@H](OCCCCc2ccc(OCc3ccccc3F)cc2)[C@H](OC(C)=O)[C@@H](OC(C)=O)[C@@H]1C. The third kappa shape index (κ3) is 19.1. The molecule has 2 fully saturated rings. The minimum atomic E-state index is -0.823. The van der Waals surface area contributed by atoms with Crippen molar-refractivity contribution in [1.29, 1.82) is 0 Å². The molecule has 2 aliphatic rings. The number of aryl methyl sites for hydroxylation is 2. The monoisotopic (exact) mass is 1030 g/mol. The van der Waals surface area contributed by atoms with Crippen LogP contribution in [0.1, 0.15) is 116 Å². The molecule has 0 aromatic heterocycles. The van der Waals surface area contributed by atoms with Crippen molar-refractivity contribution in [2.75, 3.05) is 13.2 Å². The first-order chi connectivity index (χ1) is 35.5. The number of hydrogen-bond acceptors (Lipinski definition) is 14. The molecule has 4 aromatic carbocycles. The van der Waals surface area contributed by atoms with Gasteiger partial charge in [-0.2, -0.15) is 0 Å². The van der Waals surface area contributed by atoms with Crippen molar-refractivity contribution in [3.63, 3.8) is 0 Å². The van der Waals surface area contributed by atoms with E-state index in [0.29, 0.717) is 37.6 Å². The first-order valence-electron chi connectivity index (χ1n) is 25.7. The standard InChI is InChI=1S/2C29H37FO7/c1-5-26-19(2)27(35-20(3)31)28(36-21(4)32)29(37-26)33-17-9-8-10-22-13-15-24(16-14-22)34-18-23-11-6-7-12-25(23)30;1-5-26-19(2)27(35-20(3)31)28(36-21(4)32)29(37-26)33-17-7-6-8-22-11-15-25(16-12-22)34-18-23-9-13-24(30)14-10-23/h6-7,11-16,19,26-29H,5,8-10,17-18H2,1-4H3;9-16,19,26-29H,5-8,17-18H2,1-4H3/t2*19-,26-,27+,28-,29-/m11/s1. The first kappa shape index (κ1) is 58.9. The van der Waals surface area contributed by atoms with E-state index < -0.39 is 60.9 Å². The summed E-state index contributed by atoms with van der Waals surface area (Å²) < 4.78 is 84.4. The van der Waals surface area contributed by atoms with Crippen LogP contribution in [0.4, 0.5) is 8.78 Å². The summed E-state index contributed by atoms with van der Waals surface area (Å²) in [5.74, 6) is -1.22. The van der Waals surface area contributed by atoms with Crippen molar-refractivity contribution >= 4 is 23.9 Å². The Morgan fingerprint density at radius 1 is 0.486 bits per heavy atom. The van der Waals surface area contributed by atoms with Gasteiger partial charge in [0, 0.05) is 58.3 Å². The maximum atomic E-state index is 13.7. The number of carbonyl (C=O) groups excluding carboxylic acids is 4. The normalized spacial score (nSPS) is 23.3. The van der Waals surface area contributed by atoms with Crippen LogP contribution in [0.15, 0.2) is 97.1 Å². The van der Waals surface area contributed by atoms with Crippen molar-refractivity contribution < 1.29 is 75.3 Å². The van der Waals surface area contributed by atoms with E-state index in [1.807, 2.05) is 76.2 Å². The van der Waals surface area contributed by atoms with Crippen LogP contribution in [0, 0.1) is 23.5 Å². The van der Waals surface area contributed by atoms with Gasteiger partial charge in [-0.25, -0.2) is 8.78 Å². The molecule has 0 aliphatic carbocycles. The molecule has 404 valence electrons. The molecule has 4 aromatic rings. The lowest BCUT2D eigenvalue weighted by Crippen LogP contribution is -2.57. The zero-order valence-electron chi connectivity index (χ0n) is 44.0. The largest absolute Gasteiger partial charge is 0.489 e. The predicted octanol–water partition coefficient (Wildman–Crippen LogP) is 10.8. The summed E-state index contributed by atoms with van der Waals surface area (Å²) in [7, 11) is 0. The van der Waals surface area contributed by atoms with Crippen LogP contribution in [0.2, 0.25) is 0 Å². The lowest BCUT2D eigenvalue weighted by Gasteiger charge is -2.43. The van der Waals surface area contributed by atoms with Crippen LogP contribution in [0.5, 0.6) is 11.5 Å². The molecule has 0 radical (unpaired) electrons. The lowest BCUT2D eigenvalue weighted by atomic mass is 9.89. The molecule has 74 heavy (non-hydrogen) atoms. The van der Waals surface area contributed by atoms with Crippen molar-refractivity contribution in [1.82, 2.24) is 0 Å². The van der Waals surface area contributed by atoms with Crippen LogP contribution in [-0.4, -0.2) is 86.3 Å². The van der Waals surface area contributed by atoms with E-state index in [2.05, 4.69) is 0 Å². The fourth-order valence-corrected chi connectivity index (χ4v) is 8.93. The van der Waals surface area contributed by atoms with Crippen LogP contribution < -0.4 is 9.47 Å². The summed E-state index contributed by atoms with van der Waals surface area (Å²) in [6.45, 7) is 14.5. The van der Waals surface area contributed by atoms with E-state index in [1.165, 1.54) is 51.5 Å². The summed E-state index contributed by atoms with van der Waals surface area (Å²) in [4.78, 5) is 46.9. The fourth-order valence-electron chi connectivity index (χ4n) is 8.93. The zero-order chi connectivity index (χ0) is 53.6. The van der Waals surface area contributed by atoms with Crippen LogP contribution >= 0.6 is 0 Å². The van der Waals surface area contributed by atoms with Gasteiger partial charge in [0.25, 0.3) is 0 Å². The Bertz CT molecular complexity index is 2330. The second kappa shape index (κ2) is 30.4. The minimum absolute atomic E-state index is 0.138. The predicted molar refractivity (Wildman–Crippen MR) is 271 cm³/mol. The number of halogens is 2. The van der Waals surface area contributed by atoms with Crippen molar-refractivity contribution in [3.05, 3.63) is 131 Å². The third-order valence-corrected chi connectivity index (χ3v) is 12.8. The van der Waals surface area contributed by atoms with E-state index in [1.54, 1.807) is 30.3 Å². The Balaban J connectivity index is 0.000000274. The van der Waals surface area contributed by atoms with E-state index in [0.717, 1.165) is 61.8 Å². The molecule has 0 bridgehead atoms. The lowest BCUT2D eigenvalue weighted by molar-refractivity contribution is -0.290. The summed E-state index contributed by atoms with van der Waals surface area (Å²) in [6, 6.07) is 28.5. The van der Waals surface area contributed by atoms with Gasteiger partial charge in [0.15, 0.2) is 24.8 Å². The van der Waals surface area contributed by atoms with Gasteiger partial charge in [-0.1, -0.05) is 82.3 Å². The molecule has 2 saturated heterocycles. The maximum Gasteiger partial charge on any atom is 0.303 e. The Hall–Kier alpha value is -5.94. The average molecular weight is 1030 g/mol. The second-order valence-corrected chi connectivity index (χ2v) is 18.7. The summed E-state index contributed by atoms with van der Waals surface area (Å²) >= 11 is 0.